The topological polar surface area (TPSA) is 42.0 Å². The monoisotopic (exact) mass is 318 g/mol. The fourth-order valence-electron chi connectivity index (χ4n) is 1.34. The van der Waals surface area contributed by atoms with Crippen LogP contribution in [0, 0.1) is 5.82 Å². The number of halogens is 4. The molecule has 0 saturated heterocycles. The Morgan fingerprint density at radius 3 is 2.63 bits per heavy atom. The van der Waals surface area contributed by atoms with Gasteiger partial charge in [-0.2, -0.15) is 0 Å². The van der Waals surface area contributed by atoms with Crippen molar-refractivity contribution in [2.24, 2.45) is 0 Å². The average Bonchev–Trinajstić information content (AvgIpc) is 2.38. The number of amides is 1. The van der Waals surface area contributed by atoms with Gasteiger partial charge < -0.3 is 5.32 Å². The van der Waals surface area contributed by atoms with Gasteiger partial charge in [0.05, 0.1) is 21.3 Å². The highest BCUT2D eigenvalue weighted by Crippen LogP contribution is 2.24. The highest BCUT2D eigenvalue weighted by Gasteiger charge is 2.13. The van der Waals surface area contributed by atoms with E-state index >= 15 is 0 Å². The van der Waals surface area contributed by atoms with Gasteiger partial charge in [-0.15, -0.1) is 0 Å². The smallest absolute Gasteiger partial charge is 0.257 e. The molecule has 1 aromatic carbocycles. The average molecular weight is 320 g/mol. The van der Waals surface area contributed by atoms with E-state index in [0.717, 1.165) is 0 Å². The number of carbonyl (C=O) groups excluding carboxylic acids is 1. The van der Waals surface area contributed by atoms with Gasteiger partial charge in [-0.3, -0.25) is 4.79 Å². The summed E-state index contributed by atoms with van der Waals surface area (Å²) in [4.78, 5) is 15.6. The van der Waals surface area contributed by atoms with Crippen molar-refractivity contribution in [3.8, 4) is 0 Å². The van der Waals surface area contributed by atoms with Crippen LogP contribution in [0.1, 0.15) is 10.4 Å². The van der Waals surface area contributed by atoms with Gasteiger partial charge in [0.15, 0.2) is 5.82 Å². The summed E-state index contributed by atoms with van der Waals surface area (Å²) in [7, 11) is 0. The maximum absolute atomic E-state index is 13.6. The van der Waals surface area contributed by atoms with Crippen molar-refractivity contribution in [2.45, 2.75) is 0 Å². The van der Waals surface area contributed by atoms with E-state index in [2.05, 4.69) is 10.3 Å². The van der Waals surface area contributed by atoms with Gasteiger partial charge in [0, 0.05) is 6.20 Å². The predicted octanol–water partition coefficient (Wildman–Crippen LogP) is 4.43. The normalized spacial score (nSPS) is 10.3. The molecule has 0 saturated carbocycles. The second kappa shape index (κ2) is 5.74. The fraction of sp³-hybridized carbons (Fsp3) is 0. The second-order valence-corrected chi connectivity index (χ2v) is 4.72. The summed E-state index contributed by atoms with van der Waals surface area (Å²) < 4.78 is 13.6. The lowest BCUT2D eigenvalue weighted by Crippen LogP contribution is -2.13. The van der Waals surface area contributed by atoms with Crippen LogP contribution in [0.4, 0.5) is 10.1 Å². The number of hydrogen-bond donors (Lipinski definition) is 1. The lowest BCUT2D eigenvalue weighted by Gasteiger charge is -2.07. The van der Waals surface area contributed by atoms with Crippen molar-refractivity contribution in [1.29, 1.82) is 0 Å². The van der Waals surface area contributed by atoms with E-state index < -0.39 is 11.7 Å². The van der Waals surface area contributed by atoms with Crippen LogP contribution in [0.3, 0.4) is 0 Å². The predicted molar refractivity (Wildman–Crippen MR) is 73.6 cm³/mol. The number of benzene rings is 1. The van der Waals surface area contributed by atoms with Crippen molar-refractivity contribution in [3.63, 3.8) is 0 Å². The summed E-state index contributed by atoms with van der Waals surface area (Å²) in [6.07, 6.45) is 1.24. The number of hydrogen-bond acceptors (Lipinski definition) is 2. The number of nitrogens with one attached hydrogen (secondary N) is 1. The Morgan fingerprint density at radius 2 is 1.95 bits per heavy atom. The van der Waals surface area contributed by atoms with Crippen LogP contribution in [0.5, 0.6) is 0 Å². The summed E-state index contributed by atoms with van der Waals surface area (Å²) in [5.41, 5.74) is 0.136. The van der Waals surface area contributed by atoms with E-state index in [-0.39, 0.29) is 26.4 Å². The molecule has 7 heteroatoms. The Labute approximate surface area is 123 Å². The van der Waals surface area contributed by atoms with Gasteiger partial charge >= 0.3 is 0 Å². The molecule has 0 spiro atoms. The Morgan fingerprint density at radius 1 is 1.21 bits per heavy atom. The Balaban J connectivity index is 2.26. The van der Waals surface area contributed by atoms with Crippen LogP contribution >= 0.6 is 34.8 Å². The standard InChI is InChI=1S/C12H6Cl3FN2O/c13-7-2-1-3-9(10(7)16)18-12(19)6-4-8(14)11(15)17-5-6/h1-5H,(H,18,19). The van der Waals surface area contributed by atoms with Crippen LogP contribution in [-0.2, 0) is 0 Å². The van der Waals surface area contributed by atoms with Gasteiger partial charge in [-0.25, -0.2) is 9.37 Å². The molecule has 3 nitrogen and oxygen atoms in total. The first kappa shape index (κ1) is 14.1. The molecule has 0 unspecified atom stereocenters. The Kier molecular flexibility index (Phi) is 4.24. The molecule has 1 heterocycles. The third-order valence-electron chi connectivity index (χ3n) is 2.26. The van der Waals surface area contributed by atoms with Crippen LogP contribution in [0.15, 0.2) is 30.5 Å². The summed E-state index contributed by atoms with van der Waals surface area (Å²) in [5, 5.41) is 2.52. The number of nitrogens with zero attached hydrogens (tertiary/aromatic N) is 1. The van der Waals surface area contributed by atoms with E-state index in [1.54, 1.807) is 0 Å². The van der Waals surface area contributed by atoms with Gasteiger partial charge in [-0.05, 0) is 18.2 Å². The minimum atomic E-state index is -0.703. The van der Waals surface area contributed by atoms with Gasteiger partial charge in [0.1, 0.15) is 5.15 Å². The van der Waals surface area contributed by atoms with E-state index in [9.17, 15) is 9.18 Å². The van der Waals surface area contributed by atoms with Crippen LogP contribution in [0.2, 0.25) is 15.2 Å². The summed E-state index contributed by atoms with van der Waals surface area (Å²) in [6, 6.07) is 5.64. The molecule has 0 aliphatic rings. The molecule has 19 heavy (non-hydrogen) atoms. The zero-order valence-electron chi connectivity index (χ0n) is 9.25. The zero-order valence-corrected chi connectivity index (χ0v) is 11.5. The summed E-state index contributed by atoms with van der Waals surface area (Å²) in [5.74, 6) is -1.27. The first-order valence-electron chi connectivity index (χ1n) is 5.05. The van der Waals surface area contributed by atoms with E-state index in [1.165, 1.54) is 30.5 Å². The summed E-state index contributed by atoms with van der Waals surface area (Å²) >= 11 is 17.0. The molecule has 0 radical (unpaired) electrons. The molecule has 2 aromatic rings. The molecule has 0 bridgehead atoms. The van der Waals surface area contributed by atoms with Crippen molar-refractivity contribution >= 4 is 46.4 Å². The highest BCUT2D eigenvalue weighted by atomic mass is 35.5. The minimum Gasteiger partial charge on any atom is -0.319 e. The largest absolute Gasteiger partial charge is 0.319 e. The highest BCUT2D eigenvalue weighted by molar-refractivity contribution is 6.41. The van der Waals surface area contributed by atoms with Gasteiger partial charge in [-0.1, -0.05) is 40.9 Å². The van der Waals surface area contributed by atoms with Crippen LogP contribution in [-0.4, -0.2) is 10.9 Å². The van der Waals surface area contributed by atoms with E-state index in [0.29, 0.717) is 0 Å². The Hall–Kier alpha value is -1.36. The lowest BCUT2D eigenvalue weighted by atomic mass is 10.2. The van der Waals surface area contributed by atoms with Gasteiger partial charge in [0.25, 0.3) is 5.91 Å². The maximum atomic E-state index is 13.6. The van der Waals surface area contributed by atoms with Crippen molar-refractivity contribution in [3.05, 3.63) is 57.0 Å². The van der Waals surface area contributed by atoms with E-state index in [4.69, 9.17) is 34.8 Å². The molecule has 1 amide bonds. The number of anilines is 1. The lowest BCUT2D eigenvalue weighted by molar-refractivity contribution is 0.102. The molecular formula is C12H6Cl3FN2O. The molecular weight excluding hydrogens is 314 g/mol. The van der Waals surface area contributed by atoms with Crippen LogP contribution in [0.25, 0.3) is 0 Å². The number of pyridine rings is 1. The minimum absolute atomic E-state index is 0.0245. The maximum Gasteiger partial charge on any atom is 0.257 e. The van der Waals surface area contributed by atoms with Gasteiger partial charge in [0.2, 0.25) is 0 Å². The quantitative estimate of drug-likeness (QED) is 0.832. The molecule has 0 aliphatic heterocycles. The number of rotatable bonds is 2. The van der Waals surface area contributed by atoms with Crippen LogP contribution < -0.4 is 5.32 Å². The van der Waals surface area contributed by atoms with E-state index in [1.807, 2.05) is 0 Å². The molecule has 2 rings (SSSR count). The van der Waals surface area contributed by atoms with Crippen molar-refractivity contribution in [1.82, 2.24) is 4.98 Å². The van der Waals surface area contributed by atoms with Crippen molar-refractivity contribution < 1.29 is 9.18 Å². The third kappa shape index (κ3) is 3.15. The Bertz CT molecular complexity index is 649. The zero-order chi connectivity index (χ0) is 14.0. The molecule has 98 valence electrons. The second-order valence-electron chi connectivity index (χ2n) is 3.55. The first-order chi connectivity index (χ1) is 8.99. The fourth-order valence-corrected chi connectivity index (χ4v) is 1.78. The molecule has 0 fully saturated rings. The number of aromatic nitrogens is 1. The third-order valence-corrected chi connectivity index (χ3v) is 3.24. The number of carbonyl (C=O) groups is 1. The molecule has 1 N–H and O–H groups in total. The molecule has 0 aliphatic carbocycles. The summed E-state index contributed by atoms with van der Waals surface area (Å²) in [6.45, 7) is 0. The SMILES string of the molecule is O=C(Nc1cccc(Cl)c1F)c1cnc(Cl)c(Cl)c1. The van der Waals surface area contributed by atoms with Crippen molar-refractivity contribution in [2.75, 3.05) is 5.32 Å². The molecule has 1 aromatic heterocycles. The first-order valence-corrected chi connectivity index (χ1v) is 6.19. The molecule has 0 atom stereocenters.